The van der Waals surface area contributed by atoms with Crippen LogP contribution in [0.3, 0.4) is 0 Å². The number of dihydropyridines is 1. The van der Waals surface area contributed by atoms with Crippen molar-refractivity contribution in [1.82, 2.24) is 10.2 Å². The second kappa shape index (κ2) is 10.3. The van der Waals surface area contributed by atoms with Crippen molar-refractivity contribution in [3.05, 3.63) is 58.2 Å². The number of carbonyl (C=O) groups excluding carboxylic acids is 2. The largest absolute Gasteiger partial charge is 0.463 e. The molecule has 174 valence electrons. The lowest BCUT2D eigenvalue weighted by atomic mass is 9.76. The molecule has 7 heteroatoms. The minimum atomic E-state index is -0.652. The van der Waals surface area contributed by atoms with Gasteiger partial charge in [-0.25, -0.2) is 9.18 Å². The van der Waals surface area contributed by atoms with Gasteiger partial charge >= 0.3 is 5.97 Å². The number of hydrogen-bond acceptors (Lipinski definition) is 5. The van der Waals surface area contributed by atoms with Crippen molar-refractivity contribution in [2.75, 3.05) is 32.9 Å². The van der Waals surface area contributed by atoms with Crippen molar-refractivity contribution in [2.24, 2.45) is 11.8 Å². The van der Waals surface area contributed by atoms with Crippen molar-refractivity contribution in [3.63, 3.8) is 0 Å². The summed E-state index contributed by atoms with van der Waals surface area (Å²) in [7, 11) is 0. The summed E-state index contributed by atoms with van der Waals surface area (Å²) < 4.78 is 24.6. The lowest BCUT2D eigenvalue weighted by molar-refractivity contribution is -0.139. The van der Waals surface area contributed by atoms with Gasteiger partial charge in [-0.2, -0.15) is 0 Å². The predicted molar refractivity (Wildman–Crippen MR) is 120 cm³/mol. The van der Waals surface area contributed by atoms with E-state index in [0.717, 1.165) is 11.4 Å². The molecule has 1 amide bonds. The van der Waals surface area contributed by atoms with E-state index in [1.54, 1.807) is 24.0 Å². The zero-order valence-electron chi connectivity index (χ0n) is 19.5. The lowest BCUT2D eigenvalue weighted by Gasteiger charge is -2.38. The number of carbonyl (C=O) groups is 2. The molecule has 0 radical (unpaired) electrons. The molecule has 1 atom stereocenters. The van der Waals surface area contributed by atoms with E-state index in [0.29, 0.717) is 43.0 Å². The van der Waals surface area contributed by atoms with Crippen LogP contribution in [-0.2, 0) is 19.1 Å². The first-order valence-corrected chi connectivity index (χ1v) is 11.3. The number of benzene rings is 1. The Morgan fingerprint density at radius 2 is 1.62 bits per heavy atom. The molecular weight excluding hydrogens is 411 g/mol. The van der Waals surface area contributed by atoms with Crippen molar-refractivity contribution < 1.29 is 23.5 Å². The predicted octanol–water partition coefficient (Wildman–Crippen LogP) is 3.75. The number of halogens is 1. The van der Waals surface area contributed by atoms with Crippen molar-refractivity contribution >= 4 is 11.9 Å². The second-order valence-corrected chi connectivity index (χ2v) is 8.70. The molecule has 32 heavy (non-hydrogen) atoms. The highest BCUT2D eigenvalue weighted by Gasteiger charge is 2.41. The number of rotatable bonds is 6. The van der Waals surface area contributed by atoms with E-state index in [2.05, 4.69) is 5.32 Å². The second-order valence-electron chi connectivity index (χ2n) is 8.70. The van der Waals surface area contributed by atoms with Crippen LogP contribution < -0.4 is 5.32 Å². The summed E-state index contributed by atoms with van der Waals surface area (Å²) in [6.45, 7) is 11.9. The average molecular weight is 445 g/mol. The summed E-state index contributed by atoms with van der Waals surface area (Å²) in [6.07, 6.45) is 0. The summed E-state index contributed by atoms with van der Waals surface area (Å²) in [6, 6.07) is 6.02. The fraction of sp³-hybridized carbons (Fsp3) is 0.520. The van der Waals surface area contributed by atoms with E-state index >= 15 is 0 Å². The monoisotopic (exact) mass is 444 g/mol. The number of morpholine rings is 1. The number of allylic oxidation sites excluding steroid dienone is 2. The fourth-order valence-electron chi connectivity index (χ4n) is 4.25. The Morgan fingerprint density at radius 3 is 2.16 bits per heavy atom. The molecule has 1 aromatic rings. The molecule has 1 unspecified atom stereocenters. The molecule has 2 heterocycles. The van der Waals surface area contributed by atoms with E-state index in [1.165, 1.54) is 12.1 Å². The smallest absolute Gasteiger partial charge is 0.336 e. The summed E-state index contributed by atoms with van der Waals surface area (Å²) in [5.41, 5.74) is 3.13. The van der Waals surface area contributed by atoms with Gasteiger partial charge in [-0.15, -0.1) is 0 Å². The highest BCUT2D eigenvalue weighted by atomic mass is 19.1. The van der Waals surface area contributed by atoms with Gasteiger partial charge in [-0.3, -0.25) is 4.79 Å². The van der Waals surface area contributed by atoms with Gasteiger partial charge in [0.15, 0.2) is 0 Å². The minimum absolute atomic E-state index is 0.00820. The normalized spacial score (nSPS) is 19.5. The zero-order valence-corrected chi connectivity index (χ0v) is 19.5. The number of nitrogens with one attached hydrogen (secondary N) is 1. The molecule has 3 rings (SSSR count). The molecule has 1 fully saturated rings. The molecule has 2 aliphatic rings. The molecule has 0 spiro atoms. The minimum Gasteiger partial charge on any atom is -0.463 e. The Hall–Kier alpha value is -2.67. The van der Waals surface area contributed by atoms with Crippen LogP contribution >= 0.6 is 0 Å². The van der Waals surface area contributed by atoms with E-state index < -0.39 is 11.9 Å². The Morgan fingerprint density at radius 1 is 1.06 bits per heavy atom. The van der Waals surface area contributed by atoms with Crippen LogP contribution in [0.25, 0.3) is 0 Å². The fourth-order valence-corrected chi connectivity index (χ4v) is 4.25. The first-order chi connectivity index (χ1) is 15.3. The van der Waals surface area contributed by atoms with E-state index in [1.807, 2.05) is 27.7 Å². The number of ether oxygens (including phenoxy) is 2. The van der Waals surface area contributed by atoms with Crippen LogP contribution in [0, 0.1) is 17.7 Å². The van der Waals surface area contributed by atoms with Gasteiger partial charge in [0.2, 0.25) is 0 Å². The van der Waals surface area contributed by atoms with Crippen LogP contribution in [0.1, 0.15) is 46.1 Å². The van der Waals surface area contributed by atoms with E-state index in [-0.39, 0.29) is 30.2 Å². The SMILES string of the molecule is CCOC(=O)C1=C(C(C)C)NC(C(C)C)=C(C(=O)N2CCOCC2)C1c1ccc(F)cc1. The Labute approximate surface area is 189 Å². The summed E-state index contributed by atoms with van der Waals surface area (Å²) >= 11 is 0. The third-order valence-corrected chi connectivity index (χ3v) is 5.81. The Bertz CT molecular complexity index is 912. The van der Waals surface area contributed by atoms with Crippen LogP contribution in [0.2, 0.25) is 0 Å². The maximum absolute atomic E-state index is 13.8. The molecule has 1 N–H and O–H groups in total. The molecular formula is C25H33FN2O4. The van der Waals surface area contributed by atoms with E-state index in [4.69, 9.17) is 9.47 Å². The van der Waals surface area contributed by atoms with Gasteiger partial charge < -0.3 is 19.7 Å². The van der Waals surface area contributed by atoms with Crippen LogP contribution in [0.15, 0.2) is 46.8 Å². The average Bonchev–Trinajstić information content (AvgIpc) is 2.78. The van der Waals surface area contributed by atoms with E-state index in [9.17, 15) is 14.0 Å². The summed E-state index contributed by atoms with van der Waals surface area (Å²) in [5, 5.41) is 3.43. The summed E-state index contributed by atoms with van der Waals surface area (Å²) in [4.78, 5) is 28.8. The van der Waals surface area contributed by atoms with Gasteiger partial charge in [0.25, 0.3) is 5.91 Å². The third-order valence-electron chi connectivity index (χ3n) is 5.81. The molecule has 1 aromatic carbocycles. The van der Waals surface area contributed by atoms with Crippen molar-refractivity contribution in [1.29, 1.82) is 0 Å². The summed E-state index contributed by atoms with van der Waals surface area (Å²) in [5.74, 6) is -1.62. The Kier molecular flexibility index (Phi) is 7.72. The Balaban J connectivity index is 2.25. The van der Waals surface area contributed by atoms with Gasteiger partial charge in [0.1, 0.15) is 5.82 Å². The first-order valence-electron chi connectivity index (χ1n) is 11.3. The standard InChI is InChI=1S/C25H33FN2O4/c1-6-32-25(30)21-19(17-7-9-18(26)10-8-17)20(24(29)28-11-13-31-14-12-28)22(15(2)3)27-23(21)16(4)5/h7-10,15-16,19,27H,6,11-14H2,1-5H3. The highest BCUT2D eigenvalue weighted by molar-refractivity contribution is 6.02. The van der Waals surface area contributed by atoms with Gasteiger partial charge in [-0.05, 0) is 36.5 Å². The first kappa shape index (κ1) is 24.0. The van der Waals surface area contributed by atoms with Crippen LogP contribution in [0.5, 0.6) is 0 Å². The highest BCUT2D eigenvalue weighted by Crippen LogP contribution is 2.42. The molecule has 6 nitrogen and oxygen atoms in total. The molecule has 2 aliphatic heterocycles. The zero-order chi connectivity index (χ0) is 23.4. The number of amides is 1. The topological polar surface area (TPSA) is 67.9 Å². The van der Waals surface area contributed by atoms with Crippen LogP contribution in [-0.4, -0.2) is 49.7 Å². The quantitative estimate of drug-likeness (QED) is 0.677. The third kappa shape index (κ3) is 4.88. The lowest BCUT2D eigenvalue weighted by Crippen LogP contribution is -2.45. The maximum Gasteiger partial charge on any atom is 0.336 e. The van der Waals surface area contributed by atoms with Gasteiger partial charge in [-0.1, -0.05) is 39.8 Å². The van der Waals surface area contributed by atoms with Crippen molar-refractivity contribution in [3.8, 4) is 0 Å². The molecule has 0 aromatic heterocycles. The van der Waals surface area contributed by atoms with Crippen LogP contribution in [0.4, 0.5) is 4.39 Å². The number of nitrogens with zero attached hydrogens (tertiary/aromatic N) is 1. The molecule has 1 saturated heterocycles. The van der Waals surface area contributed by atoms with Gasteiger partial charge in [0, 0.05) is 30.1 Å². The maximum atomic E-state index is 13.8. The molecule has 0 saturated carbocycles. The van der Waals surface area contributed by atoms with Crippen molar-refractivity contribution in [2.45, 2.75) is 40.5 Å². The number of hydrogen-bond donors (Lipinski definition) is 1. The molecule has 0 bridgehead atoms. The number of esters is 1. The van der Waals surface area contributed by atoms with Gasteiger partial charge in [0.05, 0.1) is 31.3 Å². The molecule has 0 aliphatic carbocycles.